The topological polar surface area (TPSA) is 102 Å². The van der Waals surface area contributed by atoms with E-state index in [1.165, 1.54) is 11.1 Å². The van der Waals surface area contributed by atoms with Crippen LogP contribution in [0.1, 0.15) is 63.3 Å². The van der Waals surface area contributed by atoms with Crippen LogP contribution < -0.4 is 0 Å². The molecule has 9 atom stereocenters. The Bertz CT molecular complexity index is 1270. The van der Waals surface area contributed by atoms with E-state index in [4.69, 9.17) is 4.74 Å². The maximum Gasteiger partial charge on any atom is 0.104 e. The standard InChI is InChI=1S/C29H39N3O4/c1-16-30-20-7-5-17(13-21(20)31-16)18-6-8-23-26(18,2)9-11-28(35)14-19-24(33)25(34)22(32(3)4)15-27(19)10-12-29(23,28)36-27/h5-7,13,19,22-25,33-35H,8-12,14-15H2,1-4H3,(H,30,31)/t19?,22-,23?,24+,25+,26+,27+,28?,29-/m0/s1. The molecule has 7 heteroatoms. The number of nitrogens with zero attached hydrogens (tertiary/aromatic N) is 2. The van der Waals surface area contributed by atoms with Crippen molar-refractivity contribution in [2.75, 3.05) is 14.1 Å². The number of benzene rings is 1. The molecule has 2 aliphatic heterocycles. The van der Waals surface area contributed by atoms with E-state index in [9.17, 15) is 15.3 Å². The van der Waals surface area contributed by atoms with E-state index < -0.39 is 29.0 Å². The Labute approximate surface area is 212 Å². The first-order valence-electron chi connectivity index (χ1n) is 13.6. The molecule has 1 aromatic carbocycles. The Morgan fingerprint density at radius 3 is 2.67 bits per heavy atom. The SMILES string of the molecule is Cc1nc2cc(C3=CCC4[C@@]56CC[C@]7(C[C@H](N(C)C)[C@@H](O)[C@H](O)C7CC5(O)CC[C@]34C)O6)ccc2[nH]1. The summed E-state index contributed by atoms with van der Waals surface area (Å²) < 4.78 is 7.22. The van der Waals surface area contributed by atoms with Crippen LogP contribution in [0, 0.1) is 24.2 Å². The first-order valence-corrected chi connectivity index (χ1v) is 13.6. The third-order valence-electron chi connectivity index (χ3n) is 11.2. The van der Waals surface area contributed by atoms with Gasteiger partial charge in [-0.25, -0.2) is 4.98 Å². The number of hydrogen-bond acceptors (Lipinski definition) is 6. The summed E-state index contributed by atoms with van der Waals surface area (Å²) in [7, 11) is 3.92. The van der Waals surface area contributed by atoms with E-state index in [2.05, 4.69) is 41.2 Å². The molecule has 4 fully saturated rings. The van der Waals surface area contributed by atoms with Gasteiger partial charge in [0.25, 0.3) is 0 Å². The maximum atomic E-state index is 12.3. The van der Waals surface area contributed by atoms with Gasteiger partial charge in [0.15, 0.2) is 0 Å². The van der Waals surface area contributed by atoms with Gasteiger partial charge < -0.3 is 29.9 Å². The first kappa shape index (κ1) is 23.4. The zero-order valence-corrected chi connectivity index (χ0v) is 21.8. The molecular weight excluding hydrogens is 454 g/mol. The number of hydrogen-bond donors (Lipinski definition) is 4. The van der Waals surface area contributed by atoms with Gasteiger partial charge in [0.2, 0.25) is 0 Å². The molecule has 3 aliphatic carbocycles. The molecule has 0 amide bonds. The van der Waals surface area contributed by atoms with Crippen molar-refractivity contribution in [3.05, 3.63) is 35.7 Å². The lowest BCUT2D eigenvalue weighted by Gasteiger charge is -2.65. The van der Waals surface area contributed by atoms with Gasteiger partial charge in [-0.05, 0) is 94.6 Å². The molecule has 7 rings (SSSR count). The van der Waals surface area contributed by atoms with Crippen LogP contribution in [0.2, 0.25) is 0 Å². The first-order chi connectivity index (χ1) is 17.0. The average molecular weight is 494 g/mol. The van der Waals surface area contributed by atoms with Crippen molar-refractivity contribution < 1.29 is 20.1 Å². The van der Waals surface area contributed by atoms with Gasteiger partial charge in [-0.1, -0.05) is 19.1 Å². The molecule has 7 nitrogen and oxygen atoms in total. The fourth-order valence-corrected chi connectivity index (χ4v) is 9.36. The second-order valence-electron chi connectivity index (χ2n) is 13.0. The van der Waals surface area contributed by atoms with E-state index in [-0.39, 0.29) is 23.3 Å². The highest BCUT2D eigenvalue weighted by molar-refractivity contribution is 5.83. The predicted octanol–water partition coefficient (Wildman–Crippen LogP) is 3.17. The number of ether oxygens (including phenoxy) is 1. The second kappa shape index (κ2) is 7.20. The van der Waals surface area contributed by atoms with Gasteiger partial charge in [-0.3, -0.25) is 0 Å². The number of nitrogens with one attached hydrogen (secondary N) is 1. The molecule has 3 heterocycles. The fraction of sp³-hybridized carbons (Fsp3) is 0.690. The van der Waals surface area contributed by atoms with E-state index in [0.717, 1.165) is 42.5 Å². The van der Waals surface area contributed by atoms with Crippen molar-refractivity contribution in [3.8, 4) is 0 Å². The minimum absolute atomic E-state index is 0.0998. The lowest BCUT2D eigenvalue weighted by atomic mass is 9.51. The molecule has 2 saturated carbocycles. The van der Waals surface area contributed by atoms with Crippen molar-refractivity contribution in [3.63, 3.8) is 0 Å². The molecule has 1 aromatic heterocycles. The van der Waals surface area contributed by atoms with Crippen LogP contribution in [0.15, 0.2) is 24.3 Å². The van der Waals surface area contributed by atoms with Gasteiger partial charge in [0, 0.05) is 17.9 Å². The van der Waals surface area contributed by atoms with Crippen molar-refractivity contribution in [2.45, 2.75) is 93.8 Å². The predicted molar refractivity (Wildman–Crippen MR) is 137 cm³/mol. The highest BCUT2D eigenvalue weighted by atomic mass is 16.6. The van der Waals surface area contributed by atoms with Crippen LogP contribution in [0.4, 0.5) is 0 Å². The summed E-state index contributed by atoms with van der Waals surface area (Å²) in [6.07, 6.45) is 5.91. The summed E-state index contributed by atoms with van der Waals surface area (Å²) in [4.78, 5) is 10.0. The summed E-state index contributed by atoms with van der Waals surface area (Å²) in [5.74, 6) is 0.857. The molecule has 3 unspecified atom stereocenters. The molecule has 4 N–H and O–H groups in total. The molecule has 194 valence electrons. The maximum absolute atomic E-state index is 12.3. The molecule has 2 aromatic rings. The number of allylic oxidation sites excluding steroid dienone is 2. The summed E-state index contributed by atoms with van der Waals surface area (Å²) in [5.41, 5.74) is 2.41. The summed E-state index contributed by atoms with van der Waals surface area (Å²) in [6, 6.07) is 6.37. The smallest absolute Gasteiger partial charge is 0.104 e. The molecule has 5 aliphatic rings. The largest absolute Gasteiger partial charge is 0.390 e. The number of aliphatic hydroxyl groups is 3. The minimum atomic E-state index is -0.986. The van der Waals surface area contributed by atoms with Gasteiger partial charge in [-0.2, -0.15) is 0 Å². The molecule has 2 bridgehead atoms. The van der Waals surface area contributed by atoms with Gasteiger partial charge in [0.1, 0.15) is 11.4 Å². The molecule has 2 spiro atoms. The van der Waals surface area contributed by atoms with Crippen LogP contribution in [-0.4, -0.2) is 79.3 Å². The minimum Gasteiger partial charge on any atom is -0.390 e. The third kappa shape index (κ3) is 2.73. The van der Waals surface area contributed by atoms with E-state index in [1.54, 1.807) is 0 Å². The number of likely N-dealkylation sites (N-methyl/N-ethyl adjacent to an activating group) is 1. The Morgan fingerprint density at radius 1 is 1.08 bits per heavy atom. The second-order valence-corrected chi connectivity index (χ2v) is 13.0. The van der Waals surface area contributed by atoms with Crippen molar-refractivity contribution >= 4 is 16.6 Å². The molecule has 36 heavy (non-hydrogen) atoms. The number of aromatic nitrogens is 2. The Morgan fingerprint density at radius 2 is 1.89 bits per heavy atom. The normalized spacial score (nSPS) is 47.6. The molecular formula is C29H39N3O4. The molecule has 2 saturated heterocycles. The highest BCUT2D eigenvalue weighted by Gasteiger charge is 2.76. The number of aryl methyl sites for hydroxylation is 1. The molecule has 0 radical (unpaired) electrons. The van der Waals surface area contributed by atoms with E-state index >= 15 is 0 Å². The lowest BCUT2D eigenvalue weighted by Crippen LogP contribution is -2.73. The van der Waals surface area contributed by atoms with Crippen LogP contribution >= 0.6 is 0 Å². The van der Waals surface area contributed by atoms with Crippen molar-refractivity contribution in [1.82, 2.24) is 14.9 Å². The van der Waals surface area contributed by atoms with Gasteiger partial charge in [-0.15, -0.1) is 0 Å². The average Bonchev–Trinajstić information content (AvgIpc) is 3.49. The van der Waals surface area contributed by atoms with Crippen LogP contribution in [-0.2, 0) is 4.74 Å². The van der Waals surface area contributed by atoms with Gasteiger partial charge >= 0.3 is 0 Å². The number of aliphatic hydroxyl groups excluding tert-OH is 2. The summed E-state index contributed by atoms with van der Waals surface area (Å²) in [5, 5.41) is 34.5. The van der Waals surface area contributed by atoms with E-state index in [1.807, 2.05) is 25.9 Å². The number of aromatic amines is 1. The van der Waals surface area contributed by atoms with E-state index in [0.29, 0.717) is 19.3 Å². The van der Waals surface area contributed by atoms with Crippen LogP contribution in [0.3, 0.4) is 0 Å². The zero-order chi connectivity index (χ0) is 25.3. The number of rotatable bonds is 2. The Kier molecular flexibility index (Phi) is 4.67. The van der Waals surface area contributed by atoms with Gasteiger partial charge in [0.05, 0.1) is 34.4 Å². The van der Waals surface area contributed by atoms with Crippen LogP contribution in [0.25, 0.3) is 16.6 Å². The highest BCUT2D eigenvalue weighted by Crippen LogP contribution is 2.71. The summed E-state index contributed by atoms with van der Waals surface area (Å²) >= 11 is 0. The third-order valence-corrected chi connectivity index (χ3v) is 11.2. The number of fused-ring (bicyclic) bond motifs is 2. The lowest BCUT2D eigenvalue weighted by molar-refractivity contribution is -0.331. The number of H-pyrrole nitrogens is 1. The summed E-state index contributed by atoms with van der Waals surface area (Å²) in [6.45, 7) is 4.35. The monoisotopic (exact) mass is 493 g/mol. The van der Waals surface area contributed by atoms with Crippen molar-refractivity contribution in [2.24, 2.45) is 17.3 Å². The fourth-order valence-electron chi connectivity index (χ4n) is 9.36. The quantitative estimate of drug-likeness (QED) is 0.513. The Balaban J connectivity index is 1.27. The van der Waals surface area contributed by atoms with Crippen LogP contribution in [0.5, 0.6) is 0 Å². The van der Waals surface area contributed by atoms with Crippen molar-refractivity contribution in [1.29, 1.82) is 0 Å². The zero-order valence-electron chi connectivity index (χ0n) is 21.8. The Hall–Kier alpha value is -1.77. The number of imidazole rings is 1.